The molecule has 0 aromatic heterocycles. The Labute approximate surface area is 172 Å². The highest BCUT2D eigenvalue weighted by molar-refractivity contribution is 7.89. The number of nitrogens with one attached hydrogen (secondary N) is 2. The van der Waals surface area contributed by atoms with Gasteiger partial charge in [0, 0.05) is 18.5 Å². The van der Waals surface area contributed by atoms with Crippen LogP contribution in [-0.4, -0.2) is 20.9 Å². The van der Waals surface area contributed by atoms with Gasteiger partial charge < -0.3 is 5.32 Å². The molecule has 0 atom stereocenters. The van der Waals surface area contributed by atoms with Crippen molar-refractivity contribution in [1.82, 2.24) is 10.0 Å². The van der Waals surface area contributed by atoms with Gasteiger partial charge in [0.05, 0.1) is 16.5 Å². The van der Waals surface area contributed by atoms with E-state index < -0.39 is 10.0 Å². The summed E-state index contributed by atoms with van der Waals surface area (Å²) in [5, 5.41) is 11.7. The van der Waals surface area contributed by atoms with E-state index in [1.165, 1.54) is 24.3 Å². The number of nitrogens with zero attached hydrogens (tertiary/aromatic N) is 1. The fourth-order valence-corrected chi connectivity index (χ4v) is 4.84. The van der Waals surface area contributed by atoms with Crippen LogP contribution in [0.15, 0.2) is 53.4 Å². The molecule has 1 fully saturated rings. The Bertz CT molecular complexity index is 1020. The fraction of sp³-hybridized carbons (Fsp3) is 0.364. The molecule has 0 bridgehead atoms. The first-order chi connectivity index (χ1) is 13.9. The number of aryl methyl sites for hydroxylation is 1. The van der Waals surface area contributed by atoms with Gasteiger partial charge >= 0.3 is 0 Å². The molecule has 0 aliphatic heterocycles. The van der Waals surface area contributed by atoms with E-state index in [4.69, 9.17) is 5.26 Å². The quantitative estimate of drug-likeness (QED) is 0.682. The average Bonchev–Trinajstić information content (AvgIpc) is 3.18. The highest BCUT2D eigenvalue weighted by Gasteiger charge is 2.37. The molecular formula is C22H25N3O3S. The van der Waals surface area contributed by atoms with Crippen molar-refractivity contribution in [2.45, 2.75) is 49.5 Å². The molecule has 7 heteroatoms. The van der Waals surface area contributed by atoms with Crippen molar-refractivity contribution in [2.24, 2.45) is 0 Å². The minimum absolute atomic E-state index is 0.0556. The maximum absolute atomic E-state index is 12.9. The van der Waals surface area contributed by atoms with Crippen molar-refractivity contribution in [2.75, 3.05) is 6.54 Å². The van der Waals surface area contributed by atoms with E-state index in [1.807, 2.05) is 25.1 Å². The van der Waals surface area contributed by atoms with Crippen LogP contribution < -0.4 is 10.0 Å². The molecule has 152 valence electrons. The summed E-state index contributed by atoms with van der Waals surface area (Å²) in [6, 6.07) is 16.0. The van der Waals surface area contributed by atoms with Crippen LogP contribution in [0.25, 0.3) is 0 Å². The van der Waals surface area contributed by atoms with Crippen molar-refractivity contribution in [3.63, 3.8) is 0 Å². The van der Waals surface area contributed by atoms with Gasteiger partial charge in [-0.25, -0.2) is 13.1 Å². The first-order valence-corrected chi connectivity index (χ1v) is 11.2. The lowest BCUT2D eigenvalue weighted by atomic mass is 9.87. The van der Waals surface area contributed by atoms with Gasteiger partial charge in [0.25, 0.3) is 5.91 Å². The summed E-state index contributed by atoms with van der Waals surface area (Å²) in [7, 11) is -3.69. The molecule has 1 aliphatic rings. The Balaban J connectivity index is 1.77. The molecule has 0 spiro atoms. The lowest BCUT2D eigenvalue weighted by Crippen LogP contribution is -2.43. The van der Waals surface area contributed by atoms with Gasteiger partial charge in [0.2, 0.25) is 10.0 Å². The fourth-order valence-electron chi connectivity index (χ4n) is 3.81. The molecule has 29 heavy (non-hydrogen) atoms. The summed E-state index contributed by atoms with van der Waals surface area (Å²) in [6.45, 7) is 2.10. The zero-order valence-electron chi connectivity index (χ0n) is 16.4. The van der Waals surface area contributed by atoms with Crippen LogP contribution in [0.4, 0.5) is 0 Å². The number of hydrogen-bond donors (Lipinski definition) is 2. The van der Waals surface area contributed by atoms with Gasteiger partial charge in [-0.1, -0.05) is 42.7 Å². The minimum Gasteiger partial charge on any atom is -0.343 e. The van der Waals surface area contributed by atoms with Crippen LogP contribution in [0.1, 0.15) is 53.6 Å². The van der Waals surface area contributed by atoms with Crippen molar-refractivity contribution < 1.29 is 13.2 Å². The normalized spacial score (nSPS) is 15.6. The second-order valence-corrected chi connectivity index (χ2v) is 9.21. The third-order valence-corrected chi connectivity index (χ3v) is 6.81. The molecule has 2 aromatic carbocycles. The number of benzene rings is 2. The Hall–Kier alpha value is -2.69. The molecular weight excluding hydrogens is 386 g/mol. The Kier molecular flexibility index (Phi) is 6.36. The number of nitriles is 1. The van der Waals surface area contributed by atoms with Gasteiger partial charge in [0.15, 0.2) is 0 Å². The van der Waals surface area contributed by atoms with Crippen molar-refractivity contribution in [3.8, 4) is 6.07 Å². The monoisotopic (exact) mass is 411 g/mol. The predicted octanol–water partition coefficient (Wildman–Crippen LogP) is 3.39. The van der Waals surface area contributed by atoms with Crippen LogP contribution in [0, 0.1) is 18.3 Å². The van der Waals surface area contributed by atoms with Gasteiger partial charge in [0.1, 0.15) is 0 Å². The first-order valence-electron chi connectivity index (χ1n) is 9.73. The maximum atomic E-state index is 12.9. The SMILES string of the molecule is Cc1cccc(C2(NC(=O)c3ccc(S(=O)(=O)NCCC#N)cc3)CCCC2)c1. The lowest BCUT2D eigenvalue weighted by molar-refractivity contribution is 0.0898. The van der Waals surface area contributed by atoms with Crippen molar-refractivity contribution in [3.05, 3.63) is 65.2 Å². The molecule has 1 amide bonds. The minimum atomic E-state index is -3.69. The molecule has 3 rings (SSSR count). The Morgan fingerprint density at radius 3 is 2.45 bits per heavy atom. The van der Waals surface area contributed by atoms with E-state index in [-0.39, 0.29) is 29.3 Å². The van der Waals surface area contributed by atoms with Crippen LogP contribution in [0.3, 0.4) is 0 Å². The van der Waals surface area contributed by atoms with E-state index in [0.29, 0.717) is 5.56 Å². The highest BCUT2D eigenvalue weighted by Crippen LogP contribution is 2.39. The Morgan fingerprint density at radius 2 is 1.83 bits per heavy atom. The van der Waals surface area contributed by atoms with E-state index in [9.17, 15) is 13.2 Å². The van der Waals surface area contributed by atoms with Crippen LogP contribution >= 0.6 is 0 Å². The van der Waals surface area contributed by atoms with E-state index in [0.717, 1.165) is 36.8 Å². The third kappa shape index (κ3) is 4.84. The summed E-state index contributed by atoms with van der Waals surface area (Å²) < 4.78 is 26.8. The molecule has 2 N–H and O–H groups in total. The third-order valence-electron chi connectivity index (χ3n) is 5.34. The van der Waals surface area contributed by atoms with Crippen molar-refractivity contribution in [1.29, 1.82) is 5.26 Å². The number of hydrogen-bond acceptors (Lipinski definition) is 4. The predicted molar refractivity (Wildman–Crippen MR) is 111 cm³/mol. The van der Waals surface area contributed by atoms with E-state index in [2.05, 4.69) is 22.2 Å². The summed E-state index contributed by atoms with van der Waals surface area (Å²) in [4.78, 5) is 13.0. The molecule has 0 saturated heterocycles. The van der Waals surface area contributed by atoms with Gasteiger partial charge in [-0.15, -0.1) is 0 Å². The summed E-state index contributed by atoms with van der Waals surface area (Å²) in [5.41, 5.74) is 2.30. The summed E-state index contributed by atoms with van der Waals surface area (Å²) >= 11 is 0. The zero-order valence-corrected chi connectivity index (χ0v) is 17.3. The van der Waals surface area contributed by atoms with Gasteiger partial charge in [-0.3, -0.25) is 4.79 Å². The van der Waals surface area contributed by atoms with Crippen LogP contribution in [0.5, 0.6) is 0 Å². The highest BCUT2D eigenvalue weighted by atomic mass is 32.2. The van der Waals surface area contributed by atoms with E-state index >= 15 is 0 Å². The maximum Gasteiger partial charge on any atom is 0.251 e. The number of carbonyl (C=O) groups is 1. The summed E-state index contributed by atoms with van der Waals surface area (Å²) in [6.07, 6.45) is 3.98. The van der Waals surface area contributed by atoms with Gasteiger partial charge in [-0.05, 0) is 49.6 Å². The number of carbonyl (C=O) groups excluding carboxylic acids is 1. The molecule has 0 unspecified atom stereocenters. The molecule has 1 aliphatic carbocycles. The van der Waals surface area contributed by atoms with Crippen LogP contribution in [0.2, 0.25) is 0 Å². The zero-order chi connectivity index (χ0) is 20.9. The van der Waals surface area contributed by atoms with E-state index in [1.54, 1.807) is 0 Å². The molecule has 6 nitrogen and oxygen atoms in total. The average molecular weight is 412 g/mol. The van der Waals surface area contributed by atoms with Crippen molar-refractivity contribution >= 4 is 15.9 Å². The second-order valence-electron chi connectivity index (χ2n) is 7.44. The summed E-state index contributed by atoms with van der Waals surface area (Å²) in [5.74, 6) is -0.213. The Morgan fingerprint density at radius 1 is 1.14 bits per heavy atom. The number of amides is 1. The number of rotatable bonds is 7. The number of sulfonamides is 1. The molecule has 1 saturated carbocycles. The lowest BCUT2D eigenvalue weighted by Gasteiger charge is -2.31. The second kappa shape index (κ2) is 8.76. The smallest absolute Gasteiger partial charge is 0.251 e. The standard InChI is InChI=1S/C22H25N3O3S/c1-17-6-4-7-19(16-17)22(12-2-3-13-22)25-21(26)18-8-10-20(11-9-18)29(27,28)24-15-5-14-23/h4,6-11,16,24H,2-3,5,12-13,15H2,1H3,(H,25,26). The molecule has 2 aromatic rings. The molecule has 0 heterocycles. The van der Waals surface area contributed by atoms with Crippen LogP contribution in [-0.2, 0) is 15.6 Å². The largest absolute Gasteiger partial charge is 0.343 e. The first kappa shape index (κ1) is 21.0. The molecule has 0 radical (unpaired) electrons. The topological polar surface area (TPSA) is 99.1 Å². The van der Waals surface area contributed by atoms with Gasteiger partial charge in [-0.2, -0.15) is 5.26 Å².